The summed E-state index contributed by atoms with van der Waals surface area (Å²) in [4.78, 5) is 2.37. The van der Waals surface area contributed by atoms with Crippen molar-refractivity contribution >= 4 is 11.3 Å². The van der Waals surface area contributed by atoms with Gasteiger partial charge in [0.05, 0.1) is 6.04 Å². The van der Waals surface area contributed by atoms with Gasteiger partial charge in [0, 0.05) is 12.6 Å². The zero-order valence-corrected chi connectivity index (χ0v) is 13.4. The molecule has 0 bridgehead atoms. The Morgan fingerprint density at radius 1 is 1.25 bits per heavy atom. The minimum absolute atomic E-state index is 0.165. The number of nitrogens with zero attached hydrogens (tertiary/aromatic N) is 1. The van der Waals surface area contributed by atoms with Crippen molar-refractivity contribution in [2.75, 3.05) is 7.05 Å². The maximum absolute atomic E-state index is 6.36. The minimum Gasteiger partial charge on any atom is -0.326 e. The second-order valence-corrected chi connectivity index (χ2v) is 6.20. The zero-order chi connectivity index (χ0) is 14.5. The summed E-state index contributed by atoms with van der Waals surface area (Å²) in [6.07, 6.45) is 0.985. The van der Waals surface area contributed by atoms with Crippen LogP contribution in [0.25, 0.3) is 0 Å². The maximum atomic E-state index is 6.36. The lowest BCUT2D eigenvalue weighted by Crippen LogP contribution is -2.38. The number of thiophene rings is 1. The van der Waals surface area contributed by atoms with E-state index in [1.54, 1.807) is 11.3 Å². The van der Waals surface area contributed by atoms with Crippen LogP contribution in [-0.2, 0) is 6.54 Å². The van der Waals surface area contributed by atoms with Gasteiger partial charge in [0.1, 0.15) is 0 Å². The predicted octanol–water partition coefficient (Wildman–Crippen LogP) is 3.97. The van der Waals surface area contributed by atoms with Crippen LogP contribution in [0, 0.1) is 6.92 Å². The number of nitrogens with two attached hydrogens (primary N) is 1. The van der Waals surface area contributed by atoms with E-state index in [0.717, 1.165) is 13.0 Å². The normalized spacial score (nSPS) is 14.4. The summed E-state index contributed by atoms with van der Waals surface area (Å²) < 4.78 is 0. The number of hydrogen-bond acceptors (Lipinski definition) is 3. The second kappa shape index (κ2) is 7.02. The molecule has 1 aromatic heterocycles. The van der Waals surface area contributed by atoms with Crippen LogP contribution in [-0.4, -0.2) is 18.0 Å². The second-order valence-electron chi connectivity index (χ2n) is 5.42. The molecule has 2 unspecified atom stereocenters. The first-order chi connectivity index (χ1) is 9.63. The third kappa shape index (κ3) is 3.48. The van der Waals surface area contributed by atoms with E-state index in [1.807, 2.05) is 0 Å². The fourth-order valence-electron chi connectivity index (χ4n) is 2.65. The Morgan fingerprint density at radius 3 is 2.60 bits per heavy atom. The maximum Gasteiger partial charge on any atom is 0.0507 e. The number of hydrogen-bond donors (Lipinski definition) is 1. The minimum atomic E-state index is 0.165. The Labute approximate surface area is 126 Å². The summed E-state index contributed by atoms with van der Waals surface area (Å²) in [5, 5.41) is 4.35. The van der Waals surface area contributed by atoms with Gasteiger partial charge in [0.2, 0.25) is 0 Å². The van der Waals surface area contributed by atoms with E-state index in [4.69, 9.17) is 5.73 Å². The number of benzene rings is 1. The Hall–Kier alpha value is -1.16. The smallest absolute Gasteiger partial charge is 0.0507 e. The molecule has 0 saturated carbocycles. The molecule has 0 saturated heterocycles. The van der Waals surface area contributed by atoms with Gasteiger partial charge < -0.3 is 5.73 Å². The molecule has 2 N–H and O–H groups in total. The fourth-order valence-corrected chi connectivity index (χ4v) is 3.34. The first-order valence-electron chi connectivity index (χ1n) is 7.16. The highest BCUT2D eigenvalue weighted by molar-refractivity contribution is 7.07. The highest BCUT2D eigenvalue weighted by Gasteiger charge is 2.23. The van der Waals surface area contributed by atoms with E-state index in [-0.39, 0.29) is 12.1 Å². The molecule has 0 fully saturated rings. The molecule has 2 atom stereocenters. The summed E-state index contributed by atoms with van der Waals surface area (Å²) in [6, 6.07) is 11.2. The third-order valence-corrected chi connectivity index (χ3v) is 4.62. The molecule has 2 rings (SSSR count). The SMILES string of the molecule is CCC(N)C(c1ccsc1)N(C)Cc1ccccc1C. The van der Waals surface area contributed by atoms with E-state index in [1.165, 1.54) is 16.7 Å². The topological polar surface area (TPSA) is 29.3 Å². The van der Waals surface area contributed by atoms with E-state index in [0.29, 0.717) is 0 Å². The molecule has 0 amide bonds. The number of aryl methyl sites for hydroxylation is 1. The van der Waals surface area contributed by atoms with Crippen LogP contribution in [0.15, 0.2) is 41.1 Å². The van der Waals surface area contributed by atoms with Gasteiger partial charge in [0.15, 0.2) is 0 Å². The van der Waals surface area contributed by atoms with Crippen LogP contribution >= 0.6 is 11.3 Å². The lowest BCUT2D eigenvalue weighted by Gasteiger charge is -2.32. The van der Waals surface area contributed by atoms with Gasteiger partial charge >= 0.3 is 0 Å². The third-order valence-electron chi connectivity index (χ3n) is 3.92. The molecule has 20 heavy (non-hydrogen) atoms. The first-order valence-corrected chi connectivity index (χ1v) is 8.10. The predicted molar refractivity (Wildman–Crippen MR) is 88.0 cm³/mol. The van der Waals surface area contributed by atoms with Crippen LogP contribution in [0.2, 0.25) is 0 Å². The summed E-state index contributed by atoms with van der Waals surface area (Å²) in [5.74, 6) is 0. The Bertz CT molecular complexity index is 522. The fraction of sp³-hybridized carbons (Fsp3) is 0.412. The Kier molecular flexibility index (Phi) is 5.35. The molecule has 1 heterocycles. The van der Waals surface area contributed by atoms with Crippen molar-refractivity contribution in [2.45, 2.75) is 38.9 Å². The molecular weight excluding hydrogens is 264 g/mol. The summed E-state index contributed by atoms with van der Waals surface area (Å²) >= 11 is 1.74. The summed E-state index contributed by atoms with van der Waals surface area (Å²) in [7, 11) is 2.17. The van der Waals surface area contributed by atoms with E-state index < -0.39 is 0 Å². The zero-order valence-electron chi connectivity index (χ0n) is 12.5. The first kappa shape index (κ1) is 15.2. The van der Waals surface area contributed by atoms with Gasteiger partial charge in [-0.3, -0.25) is 4.90 Å². The van der Waals surface area contributed by atoms with E-state index >= 15 is 0 Å². The van der Waals surface area contributed by atoms with Crippen LogP contribution in [0.3, 0.4) is 0 Å². The molecule has 0 spiro atoms. The van der Waals surface area contributed by atoms with E-state index in [2.05, 4.69) is 66.9 Å². The van der Waals surface area contributed by atoms with Crippen LogP contribution in [0.4, 0.5) is 0 Å². The van der Waals surface area contributed by atoms with Crippen molar-refractivity contribution in [1.82, 2.24) is 4.90 Å². The molecule has 2 nitrogen and oxygen atoms in total. The quantitative estimate of drug-likeness (QED) is 0.871. The van der Waals surface area contributed by atoms with Crippen molar-refractivity contribution in [3.63, 3.8) is 0 Å². The average Bonchev–Trinajstić information content (AvgIpc) is 2.95. The molecule has 0 aliphatic carbocycles. The lowest BCUT2D eigenvalue weighted by atomic mass is 9.98. The van der Waals surface area contributed by atoms with Gasteiger partial charge in [-0.25, -0.2) is 0 Å². The average molecular weight is 288 g/mol. The van der Waals surface area contributed by atoms with Crippen molar-refractivity contribution in [3.05, 3.63) is 57.8 Å². The van der Waals surface area contributed by atoms with Gasteiger partial charge in [-0.15, -0.1) is 0 Å². The summed E-state index contributed by atoms with van der Waals surface area (Å²) in [5.41, 5.74) is 10.4. The molecule has 0 radical (unpaired) electrons. The van der Waals surface area contributed by atoms with Gasteiger partial charge in [-0.1, -0.05) is 31.2 Å². The van der Waals surface area contributed by atoms with Gasteiger partial charge in [-0.05, 0) is 53.9 Å². The number of likely N-dealkylation sites (N-methyl/N-ethyl adjacent to an activating group) is 1. The standard InChI is InChI=1S/C17H24N2S/c1-4-16(18)17(15-9-10-20-12-15)19(3)11-14-8-6-5-7-13(14)2/h5-10,12,16-17H,4,11,18H2,1-3H3. The van der Waals surface area contributed by atoms with Gasteiger partial charge in [0.25, 0.3) is 0 Å². The molecule has 0 aliphatic rings. The highest BCUT2D eigenvalue weighted by Crippen LogP contribution is 2.27. The Morgan fingerprint density at radius 2 is 2.00 bits per heavy atom. The van der Waals surface area contributed by atoms with Crippen molar-refractivity contribution in [1.29, 1.82) is 0 Å². The van der Waals surface area contributed by atoms with Crippen LogP contribution in [0.5, 0.6) is 0 Å². The van der Waals surface area contributed by atoms with Crippen LogP contribution < -0.4 is 5.73 Å². The van der Waals surface area contributed by atoms with Gasteiger partial charge in [-0.2, -0.15) is 11.3 Å². The van der Waals surface area contributed by atoms with Crippen molar-refractivity contribution in [2.24, 2.45) is 5.73 Å². The molecule has 3 heteroatoms. The highest BCUT2D eigenvalue weighted by atomic mass is 32.1. The summed E-state index contributed by atoms with van der Waals surface area (Å²) in [6.45, 7) is 5.26. The largest absolute Gasteiger partial charge is 0.326 e. The number of rotatable bonds is 6. The monoisotopic (exact) mass is 288 g/mol. The molecule has 2 aromatic rings. The molecular formula is C17H24N2S. The molecule has 108 valence electrons. The molecule has 1 aromatic carbocycles. The lowest BCUT2D eigenvalue weighted by molar-refractivity contribution is 0.202. The van der Waals surface area contributed by atoms with Crippen molar-refractivity contribution in [3.8, 4) is 0 Å². The van der Waals surface area contributed by atoms with Crippen molar-refractivity contribution < 1.29 is 0 Å². The molecule has 0 aliphatic heterocycles. The van der Waals surface area contributed by atoms with Crippen LogP contribution in [0.1, 0.15) is 36.1 Å². The van der Waals surface area contributed by atoms with E-state index in [9.17, 15) is 0 Å². The Balaban J connectivity index is 2.19.